The van der Waals surface area contributed by atoms with Crippen molar-refractivity contribution in [3.8, 4) is 0 Å². The second-order valence-electron chi connectivity index (χ2n) is 4.58. The van der Waals surface area contributed by atoms with Crippen molar-refractivity contribution >= 4 is 40.7 Å². The molecule has 23 heavy (non-hydrogen) atoms. The Hall–Kier alpha value is -2.75. The Bertz CT molecular complexity index is 718. The van der Waals surface area contributed by atoms with Crippen LogP contribution in [0.1, 0.15) is 12.0 Å². The number of amides is 1. The first-order valence-electron chi connectivity index (χ1n) is 6.40. The van der Waals surface area contributed by atoms with Crippen molar-refractivity contribution in [2.24, 2.45) is 10.2 Å². The number of hydrogen-bond donors (Lipinski definition) is 1. The third-order valence-electron chi connectivity index (χ3n) is 2.93. The molecule has 1 aromatic rings. The van der Waals surface area contributed by atoms with Gasteiger partial charge in [-0.25, -0.2) is 0 Å². The molecule has 0 aliphatic carbocycles. The van der Waals surface area contributed by atoms with Crippen molar-refractivity contribution in [1.82, 2.24) is 4.90 Å². The molecule has 0 aromatic heterocycles. The van der Waals surface area contributed by atoms with E-state index in [0.717, 1.165) is 11.8 Å². The number of nitro groups is 1. The molecule has 1 unspecified atom stereocenters. The van der Waals surface area contributed by atoms with Crippen molar-refractivity contribution in [3.05, 3.63) is 39.9 Å². The Labute approximate surface area is 134 Å². The van der Waals surface area contributed by atoms with Gasteiger partial charge in [0.05, 0.1) is 17.6 Å². The number of hydrogen-bond acceptors (Lipinski definition) is 7. The number of non-ortho nitro benzene ring substituents is 1. The quantitative estimate of drug-likeness (QED) is 0.491. The molecule has 0 spiro atoms. The van der Waals surface area contributed by atoms with E-state index in [-0.39, 0.29) is 23.2 Å². The zero-order valence-electron chi connectivity index (χ0n) is 11.9. The summed E-state index contributed by atoms with van der Waals surface area (Å²) in [6, 6.07) is 5.85. The van der Waals surface area contributed by atoms with E-state index < -0.39 is 16.1 Å². The van der Waals surface area contributed by atoms with Crippen molar-refractivity contribution in [1.29, 1.82) is 0 Å². The summed E-state index contributed by atoms with van der Waals surface area (Å²) in [5.74, 6) is -1.41. The average Bonchev–Trinajstić information content (AvgIpc) is 2.75. The van der Waals surface area contributed by atoms with E-state index in [9.17, 15) is 19.7 Å². The van der Waals surface area contributed by atoms with Gasteiger partial charge in [0.15, 0.2) is 5.17 Å². The molecule has 0 bridgehead atoms. The lowest BCUT2D eigenvalue weighted by atomic mass is 10.2. The highest BCUT2D eigenvalue weighted by Crippen LogP contribution is 2.28. The fourth-order valence-corrected chi connectivity index (χ4v) is 2.89. The van der Waals surface area contributed by atoms with Crippen LogP contribution in [-0.4, -0.2) is 50.5 Å². The van der Waals surface area contributed by atoms with Gasteiger partial charge in [0.1, 0.15) is 5.25 Å². The molecule has 1 aliphatic rings. The van der Waals surface area contributed by atoms with Crippen LogP contribution in [0.4, 0.5) is 5.69 Å². The molecule has 1 amide bonds. The number of carbonyl (C=O) groups excluding carboxylic acids is 1. The number of benzene rings is 1. The van der Waals surface area contributed by atoms with E-state index in [1.165, 1.54) is 36.4 Å². The van der Waals surface area contributed by atoms with Crippen LogP contribution in [0.25, 0.3) is 0 Å². The van der Waals surface area contributed by atoms with Crippen molar-refractivity contribution in [2.75, 3.05) is 7.05 Å². The number of aliphatic carboxylic acids is 1. The normalized spacial score (nSPS) is 19.7. The highest BCUT2D eigenvalue weighted by Gasteiger charge is 2.37. The highest BCUT2D eigenvalue weighted by molar-refractivity contribution is 8.15. The van der Waals surface area contributed by atoms with E-state index in [4.69, 9.17) is 5.11 Å². The number of carboxylic acid groups (broad SMARTS) is 1. The standard InChI is InChI=1S/C13H12N4O5S/c1-16-12(20)10(6-11(18)19)23-13(16)15-14-7-8-3-2-4-9(5-8)17(21)22/h2-5,7,10H,6H2,1H3,(H,18,19)/b14-7+,15-13-. The summed E-state index contributed by atoms with van der Waals surface area (Å²) in [7, 11) is 1.49. The zero-order valence-corrected chi connectivity index (χ0v) is 12.8. The summed E-state index contributed by atoms with van der Waals surface area (Å²) in [5.41, 5.74) is 0.424. The van der Waals surface area contributed by atoms with Crippen LogP contribution in [0.5, 0.6) is 0 Å². The summed E-state index contributed by atoms with van der Waals surface area (Å²) in [4.78, 5) is 33.9. The third kappa shape index (κ3) is 4.13. The van der Waals surface area contributed by atoms with E-state index >= 15 is 0 Å². The maximum atomic E-state index is 11.8. The maximum Gasteiger partial charge on any atom is 0.305 e. The predicted molar refractivity (Wildman–Crippen MR) is 84.5 cm³/mol. The molecule has 10 heteroatoms. The third-order valence-corrected chi connectivity index (χ3v) is 4.15. The predicted octanol–water partition coefficient (Wildman–Crippen LogP) is 1.33. The summed E-state index contributed by atoms with van der Waals surface area (Å²) >= 11 is 1.02. The van der Waals surface area contributed by atoms with Crippen LogP contribution in [0.3, 0.4) is 0 Å². The van der Waals surface area contributed by atoms with E-state index in [2.05, 4.69) is 10.2 Å². The molecular weight excluding hydrogens is 324 g/mol. The number of thioether (sulfide) groups is 1. The average molecular weight is 336 g/mol. The summed E-state index contributed by atoms with van der Waals surface area (Å²) in [5, 5.41) is 26.7. The lowest BCUT2D eigenvalue weighted by molar-refractivity contribution is -0.384. The number of carboxylic acids is 1. The minimum absolute atomic E-state index is 0.0642. The maximum absolute atomic E-state index is 11.8. The molecule has 1 fully saturated rings. The second-order valence-corrected chi connectivity index (χ2v) is 5.75. The first-order chi connectivity index (χ1) is 10.9. The second kappa shape index (κ2) is 7.01. The lowest BCUT2D eigenvalue weighted by Crippen LogP contribution is -2.28. The smallest absolute Gasteiger partial charge is 0.305 e. The van der Waals surface area contributed by atoms with Gasteiger partial charge in [-0.15, -0.1) is 5.10 Å². The molecule has 2 rings (SSSR count). The molecule has 1 saturated heterocycles. The number of nitrogens with zero attached hydrogens (tertiary/aromatic N) is 4. The summed E-state index contributed by atoms with van der Waals surface area (Å²) in [6.07, 6.45) is 1.03. The van der Waals surface area contributed by atoms with Gasteiger partial charge in [0.25, 0.3) is 5.69 Å². The van der Waals surface area contributed by atoms with Crippen molar-refractivity contribution < 1.29 is 19.6 Å². The van der Waals surface area contributed by atoms with Crippen LogP contribution >= 0.6 is 11.8 Å². The summed E-state index contributed by atoms with van der Waals surface area (Å²) < 4.78 is 0. The van der Waals surface area contributed by atoms with Gasteiger partial charge in [-0.1, -0.05) is 23.9 Å². The van der Waals surface area contributed by atoms with E-state index in [1.807, 2.05) is 0 Å². The van der Waals surface area contributed by atoms with Crippen LogP contribution in [0.2, 0.25) is 0 Å². The minimum Gasteiger partial charge on any atom is -0.481 e. The molecule has 0 saturated carbocycles. The molecule has 1 N–H and O–H groups in total. The van der Waals surface area contributed by atoms with Crippen LogP contribution < -0.4 is 0 Å². The molecule has 1 heterocycles. The molecule has 1 atom stereocenters. The first kappa shape index (κ1) is 16.6. The van der Waals surface area contributed by atoms with Gasteiger partial charge in [0.2, 0.25) is 5.91 Å². The van der Waals surface area contributed by atoms with Crippen LogP contribution in [0, 0.1) is 10.1 Å². The van der Waals surface area contributed by atoms with E-state index in [0.29, 0.717) is 5.56 Å². The monoisotopic (exact) mass is 336 g/mol. The Morgan fingerprint density at radius 1 is 1.57 bits per heavy atom. The summed E-state index contributed by atoms with van der Waals surface area (Å²) in [6.45, 7) is 0. The van der Waals surface area contributed by atoms with Crippen LogP contribution in [-0.2, 0) is 9.59 Å². The molecule has 1 aromatic carbocycles. The minimum atomic E-state index is -1.06. The fraction of sp³-hybridized carbons (Fsp3) is 0.231. The Kier molecular flexibility index (Phi) is 5.06. The SMILES string of the molecule is CN1C(=O)C(CC(=O)O)S/C1=N\N=C\c1cccc([N+](=O)[O-])c1. The number of nitro benzene ring substituents is 1. The lowest BCUT2D eigenvalue weighted by Gasteiger charge is -2.06. The fourth-order valence-electron chi connectivity index (χ4n) is 1.81. The van der Waals surface area contributed by atoms with Crippen molar-refractivity contribution in [2.45, 2.75) is 11.7 Å². The van der Waals surface area contributed by atoms with Gasteiger partial charge < -0.3 is 5.11 Å². The van der Waals surface area contributed by atoms with Gasteiger partial charge in [0, 0.05) is 24.7 Å². The van der Waals surface area contributed by atoms with Crippen LogP contribution in [0.15, 0.2) is 34.5 Å². The molecule has 9 nitrogen and oxygen atoms in total. The number of carbonyl (C=O) groups is 2. The van der Waals surface area contributed by atoms with E-state index in [1.54, 1.807) is 6.07 Å². The van der Waals surface area contributed by atoms with Crippen molar-refractivity contribution in [3.63, 3.8) is 0 Å². The Morgan fingerprint density at radius 2 is 2.30 bits per heavy atom. The molecule has 120 valence electrons. The molecule has 1 aliphatic heterocycles. The Morgan fingerprint density at radius 3 is 2.96 bits per heavy atom. The zero-order chi connectivity index (χ0) is 17.0. The molecule has 0 radical (unpaired) electrons. The van der Waals surface area contributed by atoms with Gasteiger partial charge in [-0.2, -0.15) is 5.10 Å². The number of amidine groups is 1. The van der Waals surface area contributed by atoms with Gasteiger partial charge in [-0.3, -0.25) is 24.6 Å². The topological polar surface area (TPSA) is 125 Å². The molecular formula is C13H12N4O5S. The number of rotatable bonds is 5. The largest absolute Gasteiger partial charge is 0.481 e. The first-order valence-corrected chi connectivity index (χ1v) is 7.28. The Balaban J connectivity index is 2.10. The highest BCUT2D eigenvalue weighted by atomic mass is 32.2. The van der Waals surface area contributed by atoms with Gasteiger partial charge in [-0.05, 0) is 0 Å². The van der Waals surface area contributed by atoms with Gasteiger partial charge >= 0.3 is 5.97 Å².